The maximum Gasteiger partial charge on any atom is 0.273 e. The smallest absolute Gasteiger partial charge is 0.273 e. The Kier molecular flexibility index (Phi) is 4.78. The van der Waals surface area contributed by atoms with Crippen LogP contribution in [0.5, 0.6) is 0 Å². The van der Waals surface area contributed by atoms with Crippen molar-refractivity contribution in [2.75, 3.05) is 6.54 Å². The van der Waals surface area contributed by atoms with Crippen molar-refractivity contribution in [2.45, 2.75) is 45.1 Å². The largest absolute Gasteiger partial charge is 0.350 e. The Morgan fingerprint density at radius 2 is 2.16 bits per heavy atom. The number of imidazole rings is 1. The van der Waals surface area contributed by atoms with Crippen molar-refractivity contribution in [1.82, 2.24) is 29.7 Å². The molecule has 0 spiro atoms. The van der Waals surface area contributed by atoms with E-state index < -0.39 is 0 Å². The Balaban J connectivity index is 1.26. The van der Waals surface area contributed by atoms with Gasteiger partial charge in [-0.1, -0.05) is 24.5 Å². The third-order valence-corrected chi connectivity index (χ3v) is 5.52. The molecule has 0 aliphatic heterocycles. The van der Waals surface area contributed by atoms with E-state index in [4.69, 9.17) is 0 Å². The molecule has 1 aliphatic carbocycles. The lowest BCUT2D eigenvalue weighted by Gasteiger charge is -2.20. The number of nitrogens with zero attached hydrogens (tertiary/aromatic N) is 5. The minimum absolute atomic E-state index is 0.170. The third-order valence-electron chi connectivity index (χ3n) is 4.75. The highest BCUT2D eigenvalue weighted by molar-refractivity contribution is 7.15. The Morgan fingerprint density at radius 1 is 1.28 bits per heavy atom. The second-order valence-electron chi connectivity index (χ2n) is 6.66. The first-order valence-corrected chi connectivity index (χ1v) is 9.75. The van der Waals surface area contributed by atoms with E-state index in [1.165, 1.54) is 32.1 Å². The molecule has 0 aromatic carbocycles. The van der Waals surface area contributed by atoms with Gasteiger partial charge in [-0.25, -0.2) is 4.98 Å². The maximum atomic E-state index is 12.2. The van der Waals surface area contributed by atoms with Gasteiger partial charge in [-0.2, -0.15) is 0 Å². The van der Waals surface area contributed by atoms with Gasteiger partial charge in [0.2, 0.25) is 0 Å². The van der Waals surface area contributed by atoms with Gasteiger partial charge >= 0.3 is 0 Å². The molecule has 0 atom stereocenters. The van der Waals surface area contributed by atoms with Crippen molar-refractivity contribution in [3.63, 3.8) is 0 Å². The van der Waals surface area contributed by atoms with Crippen molar-refractivity contribution >= 4 is 22.2 Å². The molecule has 0 radical (unpaired) electrons. The van der Waals surface area contributed by atoms with Gasteiger partial charge in [0.1, 0.15) is 0 Å². The standard InChI is InChI=1S/C17H22N6OS/c24-16(18-7-6-14-11-22-8-9-25-17(22)19-14)15-12-23(21-20-15)10-13-4-2-1-3-5-13/h8-9,11-13H,1-7,10H2,(H,18,24). The van der Waals surface area contributed by atoms with Crippen LogP contribution in [0.25, 0.3) is 4.96 Å². The minimum Gasteiger partial charge on any atom is -0.350 e. The van der Waals surface area contributed by atoms with E-state index in [2.05, 4.69) is 20.6 Å². The van der Waals surface area contributed by atoms with Crippen molar-refractivity contribution in [2.24, 2.45) is 5.92 Å². The zero-order valence-electron chi connectivity index (χ0n) is 14.1. The Labute approximate surface area is 150 Å². The number of amides is 1. The molecule has 132 valence electrons. The number of rotatable bonds is 6. The number of aromatic nitrogens is 5. The van der Waals surface area contributed by atoms with Crippen molar-refractivity contribution in [3.8, 4) is 0 Å². The van der Waals surface area contributed by atoms with Crippen LogP contribution in [0.2, 0.25) is 0 Å². The number of hydrogen-bond acceptors (Lipinski definition) is 5. The van der Waals surface area contributed by atoms with Crippen LogP contribution < -0.4 is 5.32 Å². The van der Waals surface area contributed by atoms with E-state index in [0.717, 1.165) is 17.2 Å². The molecule has 1 fully saturated rings. The molecule has 25 heavy (non-hydrogen) atoms. The molecule has 8 heteroatoms. The summed E-state index contributed by atoms with van der Waals surface area (Å²) >= 11 is 1.61. The Morgan fingerprint density at radius 3 is 3.00 bits per heavy atom. The molecule has 3 aromatic rings. The predicted molar refractivity (Wildman–Crippen MR) is 95.7 cm³/mol. The first kappa shape index (κ1) is 16.3. The zero-order valence-corrected chi connectivity index (χ0v) is 14.9. The zero-order chi connectivity index (χ0) is 17.1. The molecule has 0 saturated heterocycles. The van der Waals surface area contributed by atoms with Gasteiger partial charge in [0.05, 0.1) is 11.9 Å². The van der Waals surface area contributed by atoms with Crippen molar-refractivity contribution < 1.29 is 4.79 Å². The van der Waals surface area contributed by atoms with Gasteiger partial charge in [-0.05, 0) is 18.8 Å². The average Bonchev–Trinajstić information content (AvgIpc) is 3.32. The fourth-order valence-corrected chi connectivity index (χ4v) is 4.14. The molecule has 1 saturated carbocycles. The number of carbonyl (C=O) groups excluding carboxylic acids is 1. The second kappa shape index (κ2) is 7.35. The van der Waals surface area contributed by atoms with Crippen LogP contribution in [0, 0.1) is 5.92 Å². The normalized spacial score (nSPS) is 15.7. The fraction of sp³-hybridized carbons (Fsp3) is 0.529. The molecule has 7 nitrogen and oxygen atoms in total. The van der Waals surface area contributed by atoms with Gasteiger partial charge in [-0.15, -0.1) is 16.4 Å². The number of nitrogens with one attached hydrogen (secondary N) is 1. The molecule has 1 aliphatic rings. The quantitative estimate of drug-likeness (QED) is 0.735. The summed E-state index contributed by atoms with van der Waals surface area (Å²) in [6.45, 7) is 1.41. The highest BCUT2D eigenvalue weighted by atomic mass is 32.1. The lowest BCUT2D eigenvalue weighted by atomic mass is 9.89. The summed E-state index contributed by atoms with van der Waals surface area (Å²) in [5.74, 6) is 0.497. The topological polar surface area (TPSA) is 77.1 Å². The summed E-state index contributed by atoms with van der Waals surface area (Å²) in [5, 5.41) is 13.0. The van der Waals surface area contributed by atoms with E-state index in [-0.39, 0.29) is 5.91 Å². The van der Waals surface area contributed by atoms with E-state index in [0.29, 0.717) is 24.6 Å². The lowest BCUT2D eigenvalue weighted by Crippen LogP contribution is -2.26. The van der Waals surface area contributed by atoms with Crippen molar-refractivity contribution in [1.29, 1.82) is 0 Å². The SMILES string of the molecule is O=C(NCCc1cn2ccsc2n1)c1cn(CC2CCCCC2)nn1. The van der Waals surface area contributed by atoms with E-state index in [9.17, 15) is 4.79 Å². The summed E-state index contributed by atoms with van der Waals surface area (Å²) in [7, 11) is 0. The number of fused-ring (bicyclic) bond motifs is 1. The summed E-state index contributed by atoms with van der Waals surface area (Å²) in [6.07, 6.45) is 12.9. The highest BCUT2D eigenvalue weighted by Gasteiger charge is 2.16. The van der Waals surface area contributed by atoms with Gasteiger partial charge < -0.3 is 5.32 Å². The molecule has 0 unspecified atom stereocenters. The third kappa shape index (κ3) is 3.89. The monoisotopic (exact) mass is 358 g/mol. The number of hydrogen-bond donors (Lipinski definition) is 1. The summed E-state index contributed by atoms with van der Waals surface area (Å²) in [5.41, 5.74) is 1.37. The first-order valence-electron chi connectivity index (χ1n) is 8.87. The van der Waals surface area contributed by atoms with Gasteiger partial charge in [0.25, 0.3) is 5.91 Å². The summed E-state index contributed by atoms with van der Waals surface area (Å²) < 4.78 is 3.81. The molecule has 3 aromatic heterocycles. The van der Waals surface area contributed by atoms with Crippen LogP contribution in [0.15, 0.2) is 24.0 Å². The maximum absolute atomic E-state index is 12.2. The minimum atomic E-state index is -0.170. The molecule has 3 heterocycles. The lowest BCUT2D eigenvalue weighted by molar-refractivity contribution is 0.0949. The first-order chi connectivity index (χ1) is 12.3. The van der Waals surface area contributed by atoms with Crippen LogP contribution in [0.3, 0.4) is 0 Å². The van der Waals surface area contributed by atoms with Crippen LogP contribution in [-0.2, 0) is 13.0 Å². The van der Waals surface area contributed by atoms with E-state index >= 15 is 0 Å². The molecular weight excluding hydrogens is 336 g/mol. The second-order valence-corrected chi connectivity index (χ2v) is 7.53. The van der Waals surface area contributed by atoms with Gasteiger partial charge in [0, 0.05) is 37.3 Å². The molecule has 1 N–H and O–H groups in total. The average molecular weight is 358 g/mol. The van der Waals surface area contributed by atoms with E-state index in [1.807, 2.05) is 26.9 Å². The summed E-state index contributed by atoms with van der Waals surface area (Å²) in [6, 6.07) is 0. The molecule has 1 amide bonds. The van der Waals surface area contributed by atoms with Gasteiger partial charge in [0.15, 0.2) is 10.7 Å². The van der Waals surface area contributed by atoms with Crippen molar-refractivity contribution in [3.05, 3.63) is 35.4 Å². The Bertz CT molecular complexity index is 816. The number of thiazole rings is 1. The van der Waals surface area contributed by atoms with E-state index in [1.54, 1.807) is 17.5 Å². The van der Waals surface area contributed by atoms with Gasteiger partial charge in [-0.3, -0.25) is 13.9 Å². The molecule has 0 bridgehead atoms. The van der Waals surface area contributed by atoms with Crippen LogP contribution in [0.4, 0.5) is 0 Å². The number of carbonyl (C=O) groups is 1. The highest BCUT2D eigenvalue weighted by Crippen LogP contribution is 2.24. The van der Waals surface area contributed by atoms with Crippen LogP contribution in [0.1, 0.15) is 48.3 Å². The van der Waals surface area contributed by atoms with Crippen LogP contribution in [-0.4, -0.2) is 36.8 Å². The summed E-state index contributed by atoms with van der Waals surface area (Å²) in [4.78, 5) is 17.7. The fourth-order valence-electron chi connectivity index (χ4n) is 3.42. The van der Waals surface area contributed by atoms with Crippen LogP contribution >= 0.6 is 11.3 Å². The molecular formula is C17H22N6OS. The Hall–Kier alpha value is -2.22. The predicted octanol–water partition coefficient (Wildman–Crippen LogP) is 2.54. The molecule has 4 rings (SSSR count).